The molecule has 3 N–H and O–H groups in total. The Bertz CT molecular complexity index is 787. The highest BCUT2D eigenvalue weighted by Crippen LogP contribution is 2.38. The van der Waals surface area contributed by atoms with Crippen molar-refractivity contribution in [2.24, 2.45) is 5.73 Å². The third-order valence-corrected chi connectivity index (χ3v) is 4.94. The van der Waals surface area contributed by atoms with Crippen LogP contribution in [0.5, 0.6) is 0 Å². The molecule has 2 aromatic heterocycles. The number of nitrogens with zero attached hydrogens (tertiary/aromatic N) is 2. The van der Waals surface area contributed by atoms with E-state index in [0.717, 1.165) is 40.5 Å². The molecule has 1 aliphatic rings. The second-order valence-electron chi connectivity index (χ2n) is 5.29. The third-order valence-electron chi connectivity index (χ3n) is 3.87. The van der Waals surface area contributed by atoms with E-state index in [1.54, 1.807) is 12.3 Å². The average Bonchev–Trinajstić information content (AvgIpc) is 3.01. The number of benzene rings is 1. The summed E-state index contributed by atoms with van der Waals surface area (Å²) in [4.78, 5) is 12.1. The monoisotopic (exact) mass is 288 g/mol. The molecule has 0 saturated heterocycles. The molecule has 0 unspecified atom stereocenters. The zero-order chi connectivity index (χ0) is 13.7. The van der Waals surface area contributed by atoms with E-state index in [-0.39, 0.29) is 11.4 Å². The van der Waals surface area contributed by atoms with Crippen molar-refractivity contribution in [1.29, 1.82) is 0 Å². The zero-order valence-corrected chi connectivity index (χ0v) is 11.5. The van der Waals surface area contributed by atoms with Crippen LogP contribution in [-0.4, -0.2) is 15.0 Å². The van der Waals surface area contributed by atoms with Gasteiger partial charge in [0.1, 0.15) is 16.6 Å². The maximum Gasteiger partial charge on any atom is 0.142 e. The quantitative estimate of drug-likeness (QED) is 0.761. The Morgan fingerprint density at radius 1 is 1.35 bits per heavy atom. The van der Waals surface area contributed by atoms with Gasteiger partial charge in [-0.3, -0.25) is 0 Å². The molecule has 2 heterocycles. The van der Waals surface area contributed by atoms with Crippen molar-refractivity contribution in [2.45, 2.75) is 24.8 Å². The van der Waals surface area contributed by atoms with Crippen LogP contribution in [0, 0.1) is 5.82 Å². The Labute approximate surface area is 118 Å². The van der Waals surface area contributed by atoms with Crippen LogP contribution >= 0.6 is 11.3 Å². The van der Waals surface area contributed by atoms with Crippen LogP contribution in [0.3, 0.4) is 0 Å². The van der Waals surface area contributed by atoms with E-state index in [1.807, 2.05) is 0 Å². The van der Waals surface area contributed by atoms with Gasteiger partial charge in [0.15, 0.2) is 0 Å². The summed E-state index contributed by atoms with van der Waals surface area (Å²) in [6, 6.07) is 4.65. The number of thiazole rings is 1. The summed E-state index contributed by atoms with van der Waals surface area (Å²) >= 11 is 1.52. The summed E-state index contributed by atoms with van der Waals surface area (Å²) in [6.07, 6.45) is 4.83. The molecule has 6 heteroatoms. The minimum Gasteiger partial charge on any atom is -0.338 e. The maximum absolute atomic E-state index is 13.2. The molecule has 4 rings (SSSR count). The van der Waals surface area contributed by atoms with Gasteiger partial charge < -0.3 is 10.7 Å². The number of rotatable bonds is 2. The van der Waals surface area contributed by atoms with Crippen molar-refractivity contribution in [3.63, 3.8) is 0 Å². The molecule has 3 aromatic rings. The molecule has 0 radical (unpaired) electrons. The van der Waals surface area contributed by atoms with Gasteiger partial charge in [-0.2, -0.15) is 0 Å². The number of nitrogens with one attached hydrogen (secondary N) is 1. The summed E-state index contributed by atoms with van der Waals surface area (Å²) in [5.74, 6) is 0.555. The van der Waals surface area contributed by atoms with Crippen LogP contribution in [0.4, 0.5) is 4.39 Å². The van der Waals surface area contributed by atoms with E-state index in [0.29, 0.717) is 5.52 Å². The van der Waals surface area contributed by atoms with Crippen molar-refractivity contribution in [3.05, 3.63) is 36.0 Å². The summed E-state index contributed by atoms with van der Waals surface area (Å²) in [6.45, 7) is 0. The smallest absolute Gasteiger partial charge is 0.142 e. The topological polar surface area (TPSA) is 67.6 Å². The molecule has 4 nitrogen and oxygen atoms in total. The van der Waals surface area contributed by atoms with E-state index in [2.05, 4.69) is 15.0 Å². The van der Waals surface area contributed by atoms with Crippen molar-refractivity contribution in [2.75, 3.05) is 0 Å². The number of imidazole rings is 1. The molecule has 0 atom stereocenters. The lowest BCUT2D eigenvalue weighted by Gasteiger charge is -2.35. The van der Waals surface area contributed by atoms with Crippen LogP contribution in [-0.2, 0) is 5.54 Å². The lowest BCUT2D eigenvalue weighted by Crippen LogP contribution is -2.44. The molecule has 0 spiro atoms. The van der Waals surface area contributed by atoms with Crippen LogP contribution in [0.15, 0.2) is 24.4 Å². The van der Waals surface area contributed by atoms with E-state index in [9.17, 15) is 4.39 Å². The maximum atomic E-state index is 13.2. The molecule has 1 fully saturated rings. The normalized spacial score (nSPS) is 17.3. The average molecular weight is 288 g/mol. The van der Waals surface area contributed by atoms with Gasteiger partial charge >= 0.3 is 0 Å². The Morgan fingerprint density at radius 2 is 2.20 bits per heavy atom. The number of halogens is 1. The summed E-state index contributed by atoms with van der Waals surface area (Å²) in [5.41, 5.74) is 7.46. The first kappa shape index (κ1) is 12.0. The fraction of sp³-hybridized carbons (Fsp3) is 0.286. The fourth-order valence-electron chi connectivity index (χ4n) is 2.49. The molecule has 1 aliphatic carbocycles. The largest absolute Gasteiger partial charge is 0.338 e. The van der Waals surface area contributed by atoms with Crippen LogP contribution < -0.4 is 5.73 Å². The number of aromatic amines is 1. The Morgan fingerprint density at radius 3 is 2.95 bits per heavy atom. The standard InChI is InChI=1S/C14H13FN4S/c15-8-2-3-11-9(6-8)18-12(20-11)10-7-17-13(19-10)14(16)4-1-5-14/h2-3,6-7H,1,4-5,16H2,(H,17,19). The third kappa shape index (κ3) is 1.76. The second-order valence-corrected chi connectivity index (χ2v) is 6.32. The van der Waals surface area contributed by atoms with Gasteiger partial charge in [0.25, 0.3) is 0 Å². The Kier molecular flexibility index (Phi) is 2.46. The predicted molar refractivity (Wildman–Crippen MR) is 76.9 cm³/mol. The van der Waals surface area contributed by atoms with Gasteiger partial charge in [0.05, 0.1) is 27.6 Å². The number of aromatic nitrogens is 3. The number of H-pyrrole nitrogens is 1. The SMILES string of the molecule is NC1(c2ncc(-c3nc4cc(F)ccc4s3)[nH]2)CCC1. The molecule has 102 valence electrons. The number of nitrogens with two attached hydrogens (primary N) is 1. The molecule has 20 heavy (non-hydrogen) atoms. The summed E-state index contributed by atoms with van der Waals surface area (Å²) in [7, 11) is 0. The van der Waals surface area contributed by atoms with E-state index >= 15 is 0 Å². The minimum absolute atomic E-state index is 0.268. The highest BCUT2D eigenvalue weighted by Gasteiger charge is 2.37. The van der Waals surface area contributed by atoms with Crippen LogP contribution in [0.2, 0.25) is 0 Å². The molecular formula is C14H13FN4S. The van der Waals surface area contributed by atoms with Gasteiger partial charge in [0.2, 0.25) is 0 Å². The number of fused-ring (bicyclic) bond motifs is 1. The van der Waals surface area contributed by atoms with Crippen molar-refractivity contribution in [3.8, 4) is 10.7 Å². The molecular weight excluding hydrogens is 275 g/mol. The van der Waals surface area contributed by atoms with Crippen LogP contribution in [0.1, 0.15) is 25.1 Å². The van der Waals surface area contributed by atoms with E-state index in [4.69, 9.17) is 5.73 Å². The second kappa shape index (κ2) is 4.10. The van der Waals surface area contributed by atoms with Crippen molar-refractivity contribution >= 4 is 21.6 Å². The Hall–Kier alpha value is -1.79. The van der Waals surface area contributed by atoms with Crippen molar-refractivity contribution in [1.82, 2.24) is 15.0 Å². The number of hydrogen-bond donors (Lipinski definition) is 2. The molecule has 1 aromatic carbocycles. The first-order valence-corrected chi connectivity index (χ1v) is 7.37. The molecule has 0 bridgehead atoms. The van der Waals surface area contributed by atoms with Crippen molar-refractivity contribution < 1.29 is 4.39 Å². The lowest BCUT2D eigenvalue weighted by atomic mass is 9.77. The highest BCUT2D eigenvalue weighted by molar-refractivity contribution is 7.21. The first-order chi connectivity index (χ1) is 9.64. The number of hydrogen-bond acceptors (Lipinski definition) is 4. The highest BCUT2D eigenvalue weighted by atomic mass is 32.1. The minimum atomic E-state index is -0.305. The van der Waals surface area contributed by atoms with Gasteiger partial charge in [-0.15, -0.1) is 11.3 Å². The fourth-order valence-corrected chi connectivity index (χ4v) is 3.40. The molecule has 0 amide bonds. The van der Waals surface area contributed by atoms with E-state index < -0.39 is 0 Å². The summed E-state index contributed by atoms with van der Waals surface area (Å²) < 4.78 is 14.2. The predicted octanol–water partition coefficient (Wildman–Crippen LogP) is 3.16. The van der Waals surface area contributed by atoms with E-state index in [1.165, 1.54) is 23.5 Å². The Balaban J connectivity index is 1.75. The van der Waals surface area contributed by atoms with Gasteiger partial charge in [-0.05, 0) is 31.4 Å². The molecule has 0 aliphatic heterocycles. The van der Waals surface area contributed by atoms with Gasteiger partial charge in [-0.25, -0.2) is 14.4 Å². The summed E-state index contributed by atoms with van der Waals surface area (Å²) in [5, 5.41) is 0.812. The lowest BCUT2D eigenvalue weighted by molar-refractivity contribution is 0.240. The first-order valence-electron chi connectivity index (χ1n) is 6.55. The van der Waals surface area contributed by atoms with Gasteiger partial charge in [0, 0.05) is 6.07 Å². The zero-order valence-electron chi connectivity index (χ0n) is 10.7. The van der Waals surface area contributed by atoms with Gasteiger partial charge in [-0.1, -0.05) is 0 Å². The van der Waals surface area contributed by atoms with Crippen LogP contribution in [0.25, 0.3) is 20.9 Å². The molecule has 1 saturated carbocycles.